The van der Waals surface area contributed by atoms with Gasteiger partial charge in [0.25, 0.3) is 0 Å². The molecule has 1 heterocycles. The summed E-state index contributed by atoms with van der Waals surface area (Å²) in [5, 5.41) is 11.9. The van der Waals surface area contributed by atoms with Gasteiger partial charge >= 0.3 is 0 Å². The van der Waals surface area contributed by atoms with Gasteiger partial charge in [0.1, 0.15) is 0 Å². The van der Waals surface area contributed by atoms with Crippen LogP contribution in [-0.4, -0.2) is 23.2 Å². The fourth-order valence-electron chi connectivity index (χ4n) is 1.27. The predicted octanol–water partition coefficient (Wildman–Crippen LogP) is 0.0359. The van der Waals surface area contributed by atoms with Crippen LogP contribution in [0, 0.1) is 0 Å². The standard InChI is InChI=1S/C7H13NO2/c1-2-3-5-6(9)4-7(10)8-5/h5-6,9H,2-4H2,1H3,(H,8,10). The summed E-state index contributed by atoms with van der Waals surface area (Å²) in [6, 6.07) is 0.0116. The van der Waals surface area contributed by atoms with Gasteiger partial charge in [-0.25, -0.2) is 0 Å². The highest BCUT2D eigenvalue weighted by Gasteiger charge is 2.29. The summed E-state index contributed by atoms with van der Waals surface area (Å²) in [6.45, 7) is 2.04. The molecule has 0 bridgehead atoms. The Bertz CT molecular complexity index is 136. The fourth-order valence-corrected chi connectivity index (χ4v) is 1.27. The molecule has 2 N–H and O–H groups in total. The molecule has 3 nitrogen and oxygen atoms in total. The SMILES string of the molecule is CCCC1NC(=O)CC1O. The molecule has 0 saturated carbocycles. The average Bonchev–Trinajstić information content (AvgIpc) is 2.13. The van der Waals surface area contributed by atoms with Crippen LogP contribution < -0.4 is 5.32 Å². The van der Waals surface area contributed by atoms with E-state index in [0.717, 1.165) is 12.8 Å². The van der Waals surface area contributed by atoms with Crippen LogP contribution in [0.3, 0.4) is 0 Å². The van der Waals surface area contributed by atoms with Gasteiger partial charge in [-0.3, -0.25) is 4.79 Å². The van der Waals surface area contributed by atoms with Crippen LogP contribution in [0.4, 0.5) is 0 Å². The Hall–Kier alpha value is -0.570. The van der Waals surface area contributed by atoms with Crippen molar-refractivity contribution in [3.8, 4) is 0 Å². The van der Waals surface area contributed by atoms with E-state index >= 15 is 0 Å². The highest BCUT2D eigenvalue weighted by atomic mass is 16.3. The van der Waals surface area contributed by atoms with Crippen molar-refractivity contribution in [3.05, 3.63) is 0 Å². The summed E-state index contributed by atoms with van der Waals surface area (Å²) in [6.07, 6.45) is 1.71. The maximum atomic E-state index is 10.7. The topological polar surface area (TPSA) is 49.3 Å². The predicted molar refractivity (Wildman–Crippen MR) is 37.5 cm³/mol. The Kier molecular flexibility index (Phi) is 2.27. The van der Waals surface area contributed by atoms with Crippen molar-refractivity contribution < 1.29 is 9.90 Å². The number of hydrogen-bond acceptors (Lipinski definition) is 2. The molecule has 1 rings (SSSR count). The van der Waals surface area contributed by atoms with Gasteiger partial charge in [0.2, 0.25) is 5.91 Å². The van der Waals surface area contributed by atoms with E-state index in [0.29, 0.717) is 0 Å². The molecule has 0 spiro atoms. The van der Waals surface area contributed by atoms with E-state index in [1.54, 1.807) is 0 Å². The Morgan fingerprint density at radius 3 is 2.90 bits per heavy atom. The van der Waals surface area contributed by atoms with Crippen LogP contribution in [0.25, 0.3) is 0 Å². The van der Waals surface area contributed by atoms with Crippen molar-refractivity contribution in [2.24, 2.45) is 0 Å². The third-order valence-corrected chi connectivity index (χ3v) is 1.81. The average molecular weight is 143 g/mol. The quantitative estimate of drug-likeness (QED) is 0.573. The van der Waals surface area contributed by atoms with Crippen molar-refractivity contribution in [3.63, 3.8) is 0 Å². The molecule has 10 heavy (non-hydrogen) atoms. The van der Waals surface area contributed by atoms with Crippen LogP contribution in [0.2, 0.25) is 0 Å². The normalized spacial score (nSPS) is 32.4. The second-order valence-electron chi connectivity index (χ2n) is 2.73. The third-order valence-electron chi connectivity index (χ3n) is 1.81. The van der Waals surface area contributed by atoms with Gasteiger partial charge < -0.3 is 10.4 Å². The number of carbonyl (C=O) groups excluding carboxylic acids is 1. The molecule has 2 atom stereocenters. The lowest BCUT2D eigenvalue weighted by Crippen LogP contribution is -2.31. The van der Waals surface area contributed by atoms with Crippen molar-refractivity contribution in [1.82, 2.24) is 5.32 Å². The molecule has 1 amide bonds. The first-order chi connectivity index (χ1) is 4.74. The van der Waals surface area contributed by atoms with Crippen molar-refractivity contribution in [2.45, 2.75) is 38.3 Å². The lowest BCUT2D eigenvalue weighted by molar-refractivity contribution is -0.119. The van der Waals surface area contributed by atoms with Gasteiger partial charge in [-0.1, -0.05) is 13.3 Å². The number of amides is 1. The minimum Gasteiger partial charge on any atom is -0.390 e. The van der Waals surface area contributed by atoms with E-state index in [1.165, 1.54) is 0 Å². The summed E-state index contributed by atoms with van der Waals surface area (Å²) in [4.78, 5) is 10.7. The molecular formula is C7H13NO2. The summed E-state index contributed by atoms with van der Waals surface area (Å²) in [5.41, 5.74) is 0. The van der Waals surface area contributed by atoms with Crippen LogP contribution in [-0.2, 0) is 4.79 Å². The summed E-state index contributed by atoms with van der Waals surface area (Å²) < 4.78 is 0. The first-order valence-electron chi connectivity index (χ1n) is 3.71. The van der Waals surface area contributed by atoms with E-state index < -0.39 is 6.10 Å². The molecule has 1 aliphatic heterocycles. The van der Waals surface area contributed by atoms with Crippen LogP contribution >= 0.6 is 0 Å². The van der Waals surface area contributed by atoms with E-state index in [9.17, 15) is 9.90 Å². The molecule has 0 aliphatic carbocycles. The Balaban J connectivity index is 2.38. The maximum absolute atomic E-state index is 10.7. The van der Waals surface area contributed by atoms with Gasteiger partial charge in [-0.2, -0.15) is 0 Å². The van der Waals surface area contributed by atoms with Gasteiger partial charge in [-0.15, -0.1) is 0 Å². The van der Waals surface area contributed by atoms with E-state index in [4.69, 9.17) is 0 Å². The number of hydrogen-bond donors (Lipinski definition) is 2. The minimum absolute atomic E-state index is 0.0116. The Labute approximate surface area is 60.4 Å². The zero-order chi connectivity index (χ0) is 7.56. The molecule has 1 saturated heterocycles. The maximum Gasteiger partial charge on any atom is 0.222 e. The van der Waals surface area contributed by atoms with Crippen LogP contribution in [0.1, 0.15) is 26.2 Å². The minimum atomic E-state index is -0.451. The lowest BCUT2D eigenvalue weighted by atomic mass is 10.1. The lowest BCUT2D eigenvalue weighted by Gasteiger charge is -2.11. The number of rotatable bonds is 2. The summed E-state index contributed by atoms with van der Waals surface area (Å²) in [5.74, 6) is -0.0223. The first-order valence-corrected chi connectivity index (χ1v) is 3.71. The highest BCUT2D eigenvalue weighted by Crippen LogP contribution is 2.12. The van der Waals surface area contributed by atoms with Crippen LogP contribution in [0.5, 0.6) is 0 Å². The second kappa shape index (κ2) is 3.01. The molecule has 3 heteroatoms. The Morgan fingerprint density at radius 2 is 2.50 bits per heavy atom. The van der Waals surface area contributed by atoms with Crippen molar-refractivity contribution >= 4 is 5.91 Å². The number of nitrogens with one attached hydrogen (secondary N) is 1. The monoisotopic (exact) mass is 143 g/mol. The van der Waals surface area contributed by atoms with Crippen molar-refractivity contribution in [1.29, 1.82) is 0 Å². The molecule has 0 aromatic heterocycles. The molecule has 2 unspecified atom stereocenters. The van der Waals surface area contributed by atoms with Crippen molar-refractivity contribution in [2.75, 3.05) is 0 Å². The molecular weight excluding hydrogens is 130 g/mol. The highest BCUT2D eigenvalue weighted by molar-refractivity contribution is 5.79. The zero-order valence-corrected chi connectivity index (χ0v) is 6.13. The van der Waals surface area contributed by atoms with Crippen LogP contribution in [0.15, 0.2) is 0 Å². The molecule has 0 aromatic rings. The first kappa shape index (κ1) is 7.54. The van der Waals surface area contributed by atoms with E-state index in [-0.39, 0.29) is 18.4 Å². The molecule has 0 radical (unpaired) electrons. The smallest absolute Gasteiger partial charge is 0.222 e. The van der Waals surface area contributed by atoms with Gasteiger partial charge in [-0.05, 0) is 6.42 Å². The molecule has 1 aliphatic rings. The molecule has 0 aromatic carbocycles. The van der Waals surface area contributed by atoms with E-state index in [2.05, 4.69) is 5.32 Å². The number of aliphatic hydroxyl groups excluding tert-OH is 1. The van der Waals surface area contributed by atoms with Gasteiger partial charge in [0, 0.05) is 0 Å². The van der Waals surface area contributed by atoms with E-state index in [1.807, 2.05) is 6.92 Å². The summed E-state index contributed by atoms with van der Waals surface area (Å²) in [7, 11) is 0. The number of aliphatic hydroxyl groups is 1. The molecule has 1 fully saturated rings. The largest absolute Gasteiger partial charge is 0.390 e. The zero-order valence-electron chi connectivity index (χ0n) is 6.13. The second-order valence-corrected chi connectivity index (χ2v) is 2.73. The summed E-state index contributed by atoms with van der Waals surface area (Å²) >= 11 is 0. The third kappa shape index (κ3) is 1.48. The van der Waals surface area contributed by atoms with Gasteiger partial charge in [0.15, 0.2) is 0 Å². The van der Waals surface area contributed by atoms with Gasteiger partial charge in [0.05, 0.1) is 18.6 Å². The number of carbonyl (C=O) groups is 1. The fraction of sp³-hybridized carbons (Fsp3) is 0.857. The molecule has 58 valence electrons. The Morgan fingerprint density at radius 1 is 1.80 bits per heavy atom.